The van der Waals surface area contributed by atoms with Crippen molar-refractivity contribution < 1.29 is 19.9 Å². The van der Waals surface area contributed by atoms with Gasteiger partial charge in [-0.05, 0) is 30.5 Å². The van der Waals surface area contributed by atoms with Crippen LogP contribution in [0.15, 0.2) is 24.5 Å². The number of rotatable bonds is 7. The number of nitrogens with zero attached hydrogens (tertiary/aromatic N) is 2. The van der Waals surface area contributed by atoms with Gasteiger partial charge in [-0.25, -0.2) is 5.48 Å². The summed E-state index contributed by atoms with van der Waals surface area (Å²) in [5.74, 6) is -1.74. The van der Waals surface area contributed by atoms with Gasteiger partial charge in [0.05, 0.1) is 5.92 Å². The summed E-state index contributed by atoms with van der Waals surface area (Å²) in [5, 5.41) is 18.8. The number of amides is 2. The number of pyridine rings is 1. The van der Waals surface area contributed by atoms with Crippen LogP contribution >= 0.6 is 0 Å². The number of nitrogens with one attached hydrogen (secondary N) is 1. The summed E-state index contributed by atoms with van der Waals surface area (Å²) in [4.78, 5) is 30.0. The minimum atomic E-state index is -1.53. The summed E-state index contributed by atoms with van der Waals surface area (Å²) in [5.41, 5.74) is 2.57. The lowest BCUT2D eigenvalue weighted by Gasteiger charge is -2.26. The topological polar surface area (TPSA) is 103 Å². The fraction of sp³-hybridized carbons (Fsp3) is 0.588. The Morgan fingerprint density at radius 3 is 2.75 bits per heavy atom. The fourth-order valence-electron chi connectivity index (χ4n) is 3.19. The number of unbranched alkanes of at least 4 members (excludes halogenated alkanes) is 1. The average Bonchev–Trinajstić information content (AvgIpc) is 3.11. The van der Waals surface area contributed by atoms with Crippen molar-refractivity contribution in [3.8, 4) is 0 Å². The lowest BCUT2D eigenvalue weighted by molar-refractivity contribution is -0.150. The Labute approximate surface area is 141 Å². The first-order valence-electron chi connectivity index (χ1n) is 8.39. The van der Waals surface area contributed by atoms with Crippen LogP contribution in [0.5, 0.6) is 0 Å². The summed E-state index contributed by atoms with van der Waals surface area (Å²) in [7, 11) is 0. The third kappa shape index (κ3) is 4.30. The molecule has 24 heavy (non-hydrogen) atoms. The highest BCUT2D eigenvalue weighted by molar-refractivity contribution is 5.88. The van der Waals surface area contributed by atoms with Gasteiger partial charge in [0.2, 0.25) is 5.91 Å². The Balaban J connectivity index is 2.05. The van der Waals surface area contributed by atoms with E-state index in [9.17, 15) is 14.7 Å². The molecule has 1 aliphatic heterocycles. The Morgan fingerprint density at radius 2 is 2.12 bits per heavy atom. The van der Waals surface area contributed by atoms with Crippen LogP contribution in [0.1, 0.15) is 44.1 Å². The van der Waals surface area contributed by atoms with Gasteiger partial charge in [0.25, 0.3) is 5.91 Å². The fourth-order valence-corrected chi connectivity index (χ4v) is 3.19. The minimum absolute atomic E-state index is 0.226. The molecule has 0 radical (unpaired) electrons. The smallest absolute Gasteiger partial charge is 0.272 e. The summed E-state index contributed by atoms with van der Waals surface area (Å²) in [6.07, 6.45) is 4.79. The molecule has 1 saturated heterocycles. The molecule has 3 unspecified atom stereocenters. The zero-order valence-electron chi connectivity index (χ0n) is 13.9. The summed E-state index contributed by atoms with van der Waals surface area (Å²) < 4.78 is 0. The molecular weight excluding hydrogens is 310 g/mol. The molecule has 0 bridgehead atoms. The van der Waals surface area contributed by atoms with Crippen LogP contribution in [0.3, 0.4) is 0 Å². The number of aliphatic hydroxyl groups excluding tert-OH is 1. The maximum atomic E-state index is 12.8. The van der Waals surface area contributed by atoms with Gasteiger partial charge < -0.3 is 10.0 Å². The highest BCUT2D eigenvalue weighted by Crippen LogP contribution is 2.29. The average molecular weight is 335 g/mol. The van der Waals surface area contributed by atoms with Crippen molar-refractivity contribution in [1.29, 1.82) is 0 Å². The molecule has 2 amide bonds. The van der Waals surface area contributed by atoms with Gasteiger partial charge in [-0.2, -0.15) is 0 Å². The van der Waals surface area contributed by atoms with Crippen LogP contribution in [0.4, 0.5) is 0 Å². The number of hydrogen-bond acceptors (Lipinski definition) is 5. The van der Waals surface area contributed by atoms with E-state index < -0.39 is 17.9 Å². The maximum Gasteiger partial charge on any atom is 0.272 e. The number of aromatic nitrogens is 1. The molecule has 0 spiro atoms. The molecule has 3 atom stereocenters. The molecule has 2 rings (SSSR count). The molecule has 132 valence electrons. The first-order valence-corrected chi connectivity index (χ1v) is 8.39. The van der Waals surface area contributed by atoms with E-state index in [4.69, 9.17) is 5.21 Å². The third-order valence-corrected chi connectivity index (χ3v) is 4.62. The molecule has 1 aliphatic rings. The molecule has 7 heteroatoms. The van der Waals surface area contributed by atoms with Crippen molar-refractivity contribution in [3.05, 3.63) is 30.1 Å². The van der Waals surface area contributed by atoms with Crippen LogP contribution in [0, 0.1) is 5.92 Å². The highest BCUT2D eigenvalue weighted by Gasteiger charge is 2.37. The van der Waals surface area contributed by atoms with E-state index in [0.29, 0.717) is 19.5 Å². The molecule has 0 aliphatic carbocycles. The first-order chi connectivity index (χ1) is 11.6. The van der Waals surface area contributed by atoms with Gasteiger partial charge in [0, 0.05) is 31.4 Å². The quantitative estimate of drug-likeness (QED) is 0.511. The summed E-state index contributed by atoms with van der Waals surface area (Å²) >= 11 is 0. The number of aliphatic hydroxyl groups is 1. The van der Waals surface area contributed by atoms with E-state index in [1.165, 1.54) is 5.48 Å². The van der Waals surface area contributed by atoms with Crippen LogP contribution in [-0.2, 0) is 9.59 Å². The second kappa shape index (κ2) is 8.75. The maximum absolute atomic E-state index is 12.8. The lowest BCUT2D eigenvalue weighted by Crippen LogP contribution is -2.46. The second-order valence-corrected chi connectivity index (χ2v) is 6.22. The molecule has 1 fully saturated rings. The van der Waals surface area contributed by atoms with Gasteiger partial charge in [-0.1, -0.05) is 19.8 Å². The van der Waals surface area contributed by atoms with E-state index >= 15 is 0 Å². The zero-order chi connectivity index (χ0) is 17.5. The van der Waals surface area contributed by atoms with Crippen LogP contribution < -0.4 is 5.48 Å². The summed E-state index contributed by atoms with van der Waals surface area (Å²) in [6.45, 7) is 3.15. The third-order valence-electron chi connectivity index (χ3n) is 4.62. The van der Waals surface area contributed by atoms with Gasteiger partial charge in [-0.15, -0.1) is 0 Å². The zero-order valence-corrected chi connectivity index (χ0v) is 13.9. The Kier molecular flexibility index (Phi) is 6.69. The monoisotopic (exact) mass is 335 g/mol. The van der Waals surface area contributed by atoms with E-state index in [-0.39, 0.29) is 11.8 Å². The van der Waals surface area contributed by atoms with E-state index in [0.717, 1.165) is 24.8 Å². The molecule has 7 nitrogen and oxygen atoms in total. The largest absolute Gasteiger partial charge is 0.382 e. The van der Waals surface area contributed by atoms with Crippen molar-refractivity contribution in [2.45, 2.75) is 44.6 Å². The molecule has 0 saturated carbocycles. The Morgan fingerprint density at radius 1 is 1.42 bits per heavy atom. The number of hydrogen-bond donors (Lipinski definition) is 3. The highest BCUT2D eigenvalue weighted by atomic mass is 16.5. The molecule has 1 aromatic heterocycles. The van der Waals surface area contributed by atoms with Crippen molar-refractivity contribution in [2.24, 2.45) is 5.92 Å². The van der Waals surface area contributed by atoms with Crippen molar-refractivity contribution in [3.63, 3.8) is 0 Å². The number of carbonyl (C=O) groups excluding carboxylic acids is 2. The first kappa shape index (κ1) is 18.4. The van der Waals surface area contributed by atoms with Crippen LogP contribution in [-0.4, -0.2) is 51.2 Å². The van der Waals surface area contributed by atoms with Crippen molar-refractivity contribution in [1.82, 2.24) is 15.4 Å². The number of carbonyl (C=O) groups is 2. The van der Waals surface area contributed by atoms with Crippen LogP contribution in [0.2, 0.25) is 0 Å². The SMILES string of the molecule is CCCCC(C(=O)N1CCC(c2ccncc2)C1)C(O)C(=O)NO. The number of hydroxylamine groups is 1. The van der Waals surface area contributed by atoms with E-state index in [1.54, 1.807) is 17.3 Å². The molecule has 2 heterocycles. The summed E-state index contributed by atoms with van der Waals surface area (Å²) in [6, 6.07) is 3.89. The normalized spacial score (nSPS) is 19.8. The van der Waals surface area contributed by atoms with Crippen molar-refractivity contribution in [2.75, 3.05) is 13.1 Å². The lowest BCUT2D eigenvalue weighted by atomic mass is 9.93. The van der Waals surface area contributed by atoms with E-state index in [2.05, 4.69) is 4.98 Å². The van der Waals surface area contributed by atoms with Gasteiger partial charge >= 0.3 is 0 Å². The van der Waals surface area contributed by atoms with Gasteiger partial charge in [0.15, 0.2) is 0 Å². The van der Waals surface area contributed by atoms with E-state index in [1.807, 2.05) is 19.1 Å². The van der Waals surface area contributed by atoms with Crippen molar-refractivity contribution >= 4 is 11.8 Å². The second-order valence-electron chi connectivity index (χ2n) is 6.22. The molecule has 3 N–H and O–H groups in total. The minimum Gasteiger partial charge on any atom is -0.382 e. The van der Waals surface area contributed by atoms with Crippen LogP contribution in [0.25, 0.3) is 0 Å². The predicted molar refractivity (Wildman–Crippen MR) is 87.1 cm³/mol. The molecular formula is C17H25N3O4. The molecule has 1 aromatic rings. The van der Waals surface area contributed by atoms with Gasteiger partial charge in [0.1, 0.15) is 6.10 Å². The Hall–Kier alpha value is -1.99. The number of likely N-dealkylation sites (tertiary alicyclic amines) is 1. The Bertz CT molecular complexity index is 552. The standard InChI is InChI=1S/C17H25N3O4/c1-2-3-4-14(15(21)16(22)19-24)17(23)20-10-7-13(11-20)12-5-8-18-9-6-12/h5-6,8-9,13-15,21,24H,2-4,7,10-11H2,1H3,(H,19,22). The van der Waals surface area contributed by atoms with Gasteiger partial charge in [-0.3, -0.25) is 19.8 Å². The molecule has 0 aromatic carbocycles. The predicted octanol–water partition coefficient (Wildman–Crippen LogP) is 1.07.